The molecule has 2 aromatic rings. The summed E-state index contributed by atoms with van der Waals surface area (Å²) in [4.78, 5) is 3.17. The quantitative estimate of drug-likeness (QED) is 0.922. The Labute approximate surface area is 142 Å². The highest BCUT2D eigenvalue weighted by molar-refractivity contribution is 7.86. The van der Waals surface area contributed by atoms with Crippen LogP contribution in [-0.4, -0.2) is 35.1 Å². The zero-order valence-corrected chi connectivity index (χ0v) is 14.6. The van der Waals surface area contributed by atoms with Gasteiger partial charge in [-0.15, -0.1) is 0 Å². The minimum absolute atomic E-state index is 0.0930. The topological polar surface area (TPSA) is 69.6 Å². The molecule has 2 aromatic heterocycles. The normalized spacial score (nSPS) is 26.4. The maximum atomic E-state index is 13.3. The summed E-state index contributed by atoms with van der Waals surface area (Å²) in [6.45, 7) is 3.02. The van der Waals surface area contributed by atoms with Crippen molar-refractivity contribution in [2.75, 3.05) is 13.1 Å². The van der Waals surface area contributed by atoms with E-state index in [0.29, 0.717) is 13.1 Å². The van der Waals surface area contributed by atoms with Crippen molar-refractivity contribution in [3.05, 3.63) is 47.7 Å². The third-order valence-electron chi connectivity index (χ3n) is 5.07. The number of H-pyrrole nitrogens is 1. The van der Waals surface area contributed by atoms with Crippen molar-refractivity contribution < 1.29 is 12.8 Å². The van der Waals surface area contributed by atoms with Crippen molar-refractivity contribution in [2.45, 2.75) is 44.7 Å². The number of rotatable bonds is 4. The predicted octanol–water partition coefficient (Wildman–Crippen LogP) is 3.13. The molecule has 4 heterocycles. The maximum absolute atomic E-state index is 13.3. The number of nitrogens with one attached hydrogen (secondary N) is 1. The van der Waals surface area contributed by atoms with Crippen LogP contribution in [0, 0.1) is 6.92 Å². The first kappa shape index (κ1) is 15.9. The molecule has 7 heteroatoms. The third-order valence-corrected chi connectivity index (χ3v) is 7.13. The standard InChI is InChI=1S/C17H23N3O3S/c1-13-8-9-17(23-13)16-7-4-12-20(16)24(21,22)19-11-3-6-15(19)14-5-2-10-18-14/h2,5,8-10,15-16,18H,3-4,6-7,11-12H2,1H3/t15-,16+/m0/s1. The fraction of sp³-hybridized carbons (Fsp3) is 0.529. The highest BCUT2D eigenvalue weighted by Gasteiger charge is 2.44. The van der Waals surface area contributed by atoms with Crippen molar-refractivity contribution in [2.24, 2.45) is 0 Å². The maximum Gasteiger partial charge on any atom is 0.283 e. The van der Waals surface area contributed by atoms with Crippen LogP contribution in [0.5, 0.6) is 0 Å². The van der Waals surface area contributed by atoms with Crippen molar-refractivity contribution in [3.63, 3.8) is 0 Å². The van der Waals surface area contributed by atoms with Crippen LogP contribution >= 0.6 is 0 Å². The van der Waals surface area contributed by atoms with E-state index < -0.39 is 10.2 Å². The van der Waals surface area contributed by atoms with Crippen molar-refractivity contribution in [1.29, 1.82) is 0 Å². The van der Waals surface area contributed by atoms with Crippen LogP contribution in [0.25, 0.3) is 0 Å². The van der Waals surface area contributed by atoms with Gasteiger partial charge in [-0.05, 0) is 56.9 Å². The van der Waals surface area contributed by atoms with Gasteiger partial charge in [-0.1, -0.05) is 0 Å². The summed E-state index contributed by atoms with van der Waals surface area (Å²) in [6.07, 6.45) is 5.28. The molecule has 2 aliphatic heterocycles. The summed E-state index contributed by atoms with van der Waals surface area (Å²) < 4.78 is 35.7. The number of nitrogens with zero attached hydrogens (tertiary/aromatic N) is 2. The minimum Gasteiger partial charge on any atom is -0.465 e. The minimum atomic E-state index is -3.52. The van der Waals surface area contributed by atoms with Gasteiger partial charge in [0, 0.05) is 25.0 Å². The van der Waals surface area contributed by atoms with Crippen LogP contribution in [0.2, 0.25) is 0 Å². The van der Waals surface area contributed by atoms with Gasteiger partial charge in [-0.2, -0.15) is 17.0 Å². The van der Waals surface area contributed by atoms with Crippen LogP contribution in [0.1, 0.15) is 55.0 Å². The molecular weight excluding hydrogens is 326 g/mol. The average Bonchev–Trinajstić information content (AvgIpc) is 3.32. The summed E-state index contributed by atoms with van der Waals surface area (Å²) in [7, 11) is -3.52. The van der Waals surface area contributed by atoms with Crippen molar-refractivity contribution in [3.8, 4) is 0 Å². The van der Waals surface area contributed by atoms with Gasteiger partial charge in [-0.3, -0.25) is 0 Å². The molecule has 2 aliphatic rings. The molecule has 0 amide bonds. The molecule has 1 N–H and O–H groups in total. The lowest BCUT2D eigenvalue weighted by atomic mass is 10.2. The Morgan fingerprint density at radius 2 is 1.79 bits per heavy atom. The molecule has 4 rings (SSSR count). The second kappa shape index (κ2) is 6.06. The Balaban J connectivity index is 1.64. The molecule has 0 aliphatic carbocycles. The van der Waals surface area contributed by atoms with E-state index in [9.17, 15) is 8.42 Å². The van der Waals surface area contributed by atoms with E-state index in [1.165, 1.54) is 0 Å². The molecule has 0 bridgehead atoms. The molecule has 2 atom stereocenters. The molecule has 0 spiro atoms. The van der Waals surface area contributed by atoms with E-state index >= 15 is 0 Å². The molecule has 2 saturated heterocycles. The lowest BCUT2D eigenvalue weighted by molar-refractivity contribution is 0.291. The van der Waals surface area contributed by atoms with Gasteiger partial charge < -0.3 is 9.40 Å². The average molecular weight is 349 g/mol. The van der Waals surface area contributed by atoms with E-state index in [-0.39, 0.29) is 12.1 Å². The van der Waals surface area contributed by atoms with E-state index in [1.54, 1.807) is 8.61 Å². The Hall–Kier alpha value is -1.57. The number of aromatic nitrogens is 1. The van der Waals surface area contributed by atoms with E-state index in [1.807, 2.05) is 37.4 Å². The number of hydrogen-bond acceptors (Lipinski definition) is 3. The summed E-state index contributed by atoms with van der Waals surface area (Å²) >= 11 is 0. The summed E-state index contributed by atoms with van der Waals surface area (Å²) in [5, 5.41) is 0. The molecule has 0 radical (unpaired) electrons. The van der Waals surface area contributed by atoms with Gasteiger partial charge in [0.15, 0.2) is 0 Å². The Morgan fingerprint density at radius 1 is 1.08 bits per heavy atom. The van der Waals surface area contributed by atoms with Gasteiger partial charge in [-0.25, -0.2) is 0 Å². The van der Waals surface area contributed by atoms with Crippen molar-refractivity contribution in [1.82, 2.24) is 13.6 Å². The zero-order valence-electron chi connectivity index (χ0n) is 13.8. The van der Waals surface area contributed by atoms with E-state index in [0.717, 1.165) is 42.9 Å². The first-order valence-electron chi connectivity index (χ1n) is 8.55. The van der Waals surface area contributed by atoms with Crippen molar-refractivity contribution >= 4 is 10.2 Å². The van der Waals surface area contributed by atoms with Gasteiger partial charge in [0.05, 0.1) is 12.1 Å². The number of hydrogen-bond donors (Lipinski definition) is 1. The SMILES string of the molecule is Cc1ccc([C@H]2CCCN2S(=O)(=O)N2CCC[C@H]2c2ccc[nH]2)o1. The third kappa shape index (κ3) is 2.60. The van der Waals surface area contributed by atoms with Gasteiger partial charge in [0.1, 0.15) is 11.5 Å². The predicted molar refractivity (Wildman–Crippen MR) is 90.5 cm³/mol. The molecule has 6 nitrogen and oxygen atoms in total. The number of aryl methyl sites for hydroxylation is 1. The first-order chi connectivity index (χ1) is 11.6. The number of furan rings is 1. The summed E-state index contributed by atoms with van der Waals surface area (Å²) in [5.74, 6) is 1.57. The monoisotopic (exact) mass is 349 g/mol. The molecule has 24 heavy (non-hydrogen) atoms. The highest BCUT2D eigenvalue weighted by atomic mass is 32.2. The highest BCUT2D eigenvalue weighted by Crippen LogP contribution is 2.40. The summed E-state index contributed by atoms with van der Waals surface area (Å²) in [5.41, 5.74) is 0.973. The van der Waals surface area contributed by atoms with E-state index in [4.69, 9.17) is 4.42 Å². The van der Waals surface area contributed by atoms with E-state index in [2.05, 4.69) is 4.98 Å². The largest absolute Gasteiger partial charge is 0.465 e. The molecule has 2 fully saturated rings. The zero-order chi connectivity index (χ0) is 16.7. The lowest BCUT2D eigenvalue weighted by Gasteiger charge is -2.31. The second-order valence-electron chi connectivity index (χ2n) is 6.62. The Morgan fingerprint density at radius 3 is 2.42 bits per heavy atom. The molecule has 130 valence electrons. The molecule has 0 aromatic carbocycles. The summed E-state index contributed by atoms with van der Waals surface area (Å²) in [6, 6.07) is 7.41. The molecule has 0 saturated carbocycles. The molecule has 0 unspecified atom stereocenters. The van der Waals surface area contributed by atoms with Crippen LogP contribution in [0.3, 0.4) is 0 Å². The van der Waals surface area contributed by atoms with Gasteiger partial charge in [0.2, 0.25) is 0 Å². The molecular formula is C17H23N3O3S. The number of aromatic amines is 1. The van der Waals surface area contributed by atoms with Gasteiger partial charge >= 0.3 is 0 Å². The fourth-order valence-corrected chi connectivity index (χ4v) is 6.01. The second-order valence-corrected chi connectivity index (χ2v) is 8.45. The van der Waals surface area contributed by atoms with Crippen LogP contribution in [0.4, 0.5) is 0 Å². The van der Waals surface area contributed by atoms with Crippen LogP contribution in [-0.2, 0) is 10.2 Å². The smallest absolute Gasteiger partial charge is 0.283 e. The van der Waals surface area contributed by atoms with Crippen LogP contribution < -0.4 is 0 Å². The van der Waals surface area contributed by atoms with Crippen LogP contribution in [0.15, 0.2) is 34.9 Å². The van der Waals surface area contributed by atoms with Gasteiger partial charge in [0.25, 0.3) is 10.2 Å². The lowest BCUT2D eigenvalue weighted by Crippen LogP contribution is -2.43. The fourth-order valence-electron chi connectivity index (χ4n) is 3.95. The Kier molecular flexibility index (Phi) is 4.02. The first-order valence-corrected chi connectivity index (χ1v) is 9.95. The Bertz CT molecular complexity index is 797.